The maximum atomic E-state index is 6.64. The minimum atomic E-state index is -0.500. The number of nitrogens with zero attached hydrogens (tertiary/aromatic N) is 4. The van der Waals surface area contributed by atoms with E-state index in [9.17, 15) is 0 Å². The van der Waals surface area contributed by atoms with Crippen LogP contribution in [0.15, 0.2) is 58.4 Å². The molecule has 0 fully saturated rings. The molecule has 2 aromatic rings. The molecule has 1 aromatic carbocycles. The molecule has 0 aliphatic carbocycles. The molecule has 2 atom stereocenters. The number of pyridine rings is 1. The lowest BCUT2D eigenvalue weighted by Crippen LogP contribution is -2.53. The van der Waals surface area contributed by atoms with Crippen molar-refractivity contribution in [3.63, 3.8) is 0 Å². The molecular formula is C17H16Cl2N6S. The van der Waals surface area contributed by atoms with E-state index in [0.29, 0.717) is 15.7 Å². The molecule has 0 bridgehead atoms. The summed E-state index contributed by atoms with van der Waals surface area (Å²) in [5, 5.41) is 1.79. The van der Waals surface area contributed by atoms with Crippen molar-refractivity contribution in [2.24, 2.45) is 16.5 Å². The number of aromatic nitrogens is 1. The van der Waals surface area contributed by atoms with Gasteiger partial charge >= 0.3 is 0 Å². The van der Waals surface area contributed by atoms with Gasteiger partial charge in [-0.15, -0.1) is 0 Å². The highest BCUT2D eigenvalue weighted by molar-refractivity contribution is 8.04. The third kappa shape index (κ3) is 2.76. The van der Waals surface area contributed by atoms with Gasteiger partial charge in [0.05, 0.1) is 33.3 Å². The van der Waals surface area contributed by atoms with Crippen molar-refractivity contribution >= 4 is 52.2 Å². The van der Waals surface area contributed by atoms with E-state index in [-0.39, 0.29) is 0 Å². The fourth-order valence-electron chi connectivity index (χ4n) is 3.16. The average Bonchev–Trinajstić information content (AvgIpc) is 2.92. The number of thioether (sulfide) groups is 1. The first kappa shape index (κ1) is 17.6. The zero-order chi connectivity index (χ0) is 18.4. The molecule has 0 saturated carbocycles. The van der Waals surface area contributed by atoms with Crippen molar-refractivity contribution in [2.75, 3.05) is 9.80 Å². The van der Waals surface area contributed by atoms with Crippen molar-refractivity contribution in [1.29, 1.82) is 0 Å². The standard InChI is InChI=1S/C17H16Cl2N6S/c1-9-23-16-14(15(20)24(9)10-4-3-7-22-8-10)25(17(21)26-16)13-11(18)5-2-6-12(13)19/h2-8,15,17H,20-21H2,1H3. The number of para-hydroxylation sites is 1. The van der Waals surface area contributed by atoms with Gasteiger partial charge in [0.1, 0.15) is 22.5 Å². The van der Waals surface area contributed by atoms with Gasteiger partial charge in [-0.2, -0.15) is 0 Å². The number of hydrogen-bond donors (Lipinski definition) is 2. The van der Waals surface area contributed by atoms with E-state index in [2.05, 4.69) is 4.98 Å². The highest BCUT2D eigenvalue weighted by atomic mass is 35.5. The molecule has 4 rings (SSSR count). The molecule has 0 saturated heterocycles. The Balaban J connectivity index is 1.83. The molecule has 0 radical (unpaired) electrons. The second kappa shape index (κ2) is 6.75. The van der Waals surface area contributed by atoms with E-state index >= 15 is 0 Å². The Morgan fingerprint density at radius 1 is 1.08 bits per heavy atom. The first-order chi connectivity index (χ1) is 12.5. The summed E-state index contributed by atoms with van der Waals surface area (Å²) in [5.41, 5.74) is 14.8. The molecule has 26 heavy (non-hydrogen) atoms. The molecule has 134 valence electrons. The van der Waals surface area contributed by atoms with Crippen LogP contribution in [-0.2, 0) is 0 Å². The Kier molecular flexibility index (Phi) is 4.58. The molecule has 9 heteroatoms. The molecule has 1 aromatic heterocycles. The first-order valence-electron chi connectivity index (χ1n) is 7.89. The molecular weight excluding hydrogens is 391 g/mol. The maximum Gasteiger partial charge on any atom is 0.136 e. The summed E-state index contributed by atoms with van der Waals surface area (Å²) in [6.07, 6.45) is 2.96. The number of benzene rings is 1. The third-order valence-electron chi connectivity index (χ3n) is 4.24. The lowest BCUT2D eigenvalue weighted by Gasteiger charge is -2.38. The van der Waals surface area contributed by atoms with Gasteiger partial charge in [-0.25, -0.2) is 4.99 Å². The predicted octanol–water partition coefficient (Wildman–Crippen LogP) is 3.58. The van der Waals surface area contributed by atoms with Crippen LogP contribution in [0, 0.1) is 0 Å². The quantitative estimate of drug-likeness (QED) is 0.792. The second-order valence-corrected chi connectivity index (χ2v) is 7.74. The number of amidine groups is 1. The van der Waals surface area contributed by atoms with Crippen molar-refractivity contribution in [2.45, 2.75) is 18.6 Å². The van der Waals surface area contributed by atoms with Crippen molar-refractivity contribution in [1.82, 2.24) is 4.98 Å². The van der Waals surface area contributed by atoms with E-state index in [0.717, 1.165) is 22.2 Å². The van der Waals surface area contributed by atoms with Crippen LogP contribution in [0.2, 0.25) is 10.0 Å². The number of halogens is 2. The SMILES string of the molecule is CC1=NC2=C(C(N)N1c1cccnc1)N(c1c(Cl)cccc1Cl)C(N)S2. The summed E-state index contributed by atoms with van der Waals surface area (Å²) in [4.78, 5) is 12.7. The van der Waals surface area contributed by atoms with Gasteiger partial charge in [-0.1, -0.05) is 41.0 Å². The summed E-state index contributed by atoms with van der Waals surface area (Å²) < 4.78 is 0. The Morgan fingerprint density at radius 3 is 2.46 bits per heavy atom. The zero-order valence-corrected chi connectivity index (χ0v) is 16.1. The fraction of sp³-hybridized carbons (Fsp3) is 0.176. The second-order valence-electron chi connectivity index (χ2n) is 5.82. The third-order valence-corrected chi connectivity index (χ3v) is 5.82. The summed E-state index contributed by atoms with van der Waals surface area (Å²) in [6, 6.07) is 9.15. The molecule has 6 nitrogen and oxygen atoms in total. The summed E-state index contributed by atoms with van der Waals surface area (Å²) in [5.74, 6) is 0.774. The minimum Gasteiger partial charge on any atom is -0.311 e. The van der Waals surface area contributed by atoms with Gasteiger partial charge < -0.3 is 21.3 Å². The van der Waals surface area contributed by atoms with Gasteiger partial charge in [0, 0.05) is 6.20 Å². The Bertz CT molecular complexity index is 896. The van der Waals surface area contributed by atoms with Gasteiger partial charge in [0.15, 0.2) is 0 Å². The van der Waals surface area contributed by atoms with E-state index in [1.54, 1.807) is 30.6 Å². The number of hydrogen-bond acceptors (Lipinski definition) is 7. The minimum absolute atomic E-state index is 0.422. The molecule has 2 aliphatic rings. The van der Waals surface area contributed by atoms with E-state index < -0.39 is 11.7 Å². The van der Waals surface area contributed by atoms with Gasteiger partial charge in [0.25, 0.3) is 0 Å². The number of anilines is 2. The van der Waals surface area contributed by atoms with E-state index in [4.69, 9.17) is 39.7 Å². The van der Waals surface area contributed by atoms with Crippen LogP contribution >= 0.6 is 35.0 Å². The number of rotatable bonds is 2. The Hall–Kier alpha value is -1.77. The molecule has 3 heterocycles. The van der Waals surface area contributed by atoms with Crippen molar-refractivity contribution in [3.05, 3.63) is 63.5 Å². The Morgan fingerprint density at radius 2 is 1.81 bits per heavy atom. The normalized spacial score (nSPS) is 22.6. The molecule has 0 spiro atoms. The zero-order valence-electron chi connectivity index (χ0n) is 13.8. The van der Waals surface area contributed by atoms with E-state index in [1.165, 1.54) is 11.8 Å². The van der Waals surface area contributed by atoms with Gasteiger partial charge in [-0.05, 0) is 31.2 Å². The first-order valence-corrected chi connectivity index (χ1v) is 9.52. The predicted molar refractivity (Wildman–Crippen MR) is 109 cm³/mol. The fourth-order valence-corrected chi connectivity index (χ4v) is 4.81. The average molecular weight is 407 g/mol. The summed E-state index contributed by atoms with van der Waals surface area (Å²) >= 11 is 14.3. The molecule has 2 unspecified atom stereocenters. The monoisotopic (exact) mass is 406 g/mol. The van der Waals surface area contributed by atoms with Gasteiger partial charge in [-0.3, -0.25) is 4.98 Å². The number of nitrogens with two attached hydrogens (primary N) is 2. The van der Waals surface area contributed by atoms with Crippen molar-refractivity contribution in [3.8, 4) is 0 Å². The topological polar surface area (TPSA) is 83.8 Å². The smallest absolute Gasteiger partial charge is 0.136 e. The van der Waals surface area contributed by atoms with Crippen LogP contribution in [0.25, 0.3) is 0 Å². The Labute approximate surface area is 165 Å². The number of aliphatic imine (C=N–C) groups is 1. The van der Waals surface area contributed by atoms with Crippen LogP contribution < -0.4 is 21.3 Å². The highest BCUT2D eigenvalue weighted by Gasteiger charge is 2.42. The lowest BCUT2D eigenvalue weighted by atomic mass is 10.2. The summed E-state index contributed by atoms with van der Waals surface area (Å²) in [7, 11) is 0. The molecule has 4 N–H and O–H groups in total. The highest BCUT2D eigenvalue weighted by Crippen LogP contribution is 2.47. The van der Waals surface area contributed by atoms with Crippen LogP contribution in [-0.4, -0.2) is 22.5 Å². The van der Waals surface area contributed by atoms with E-state index in [1.807, 2.05) is 28.9 Å². The van der Waals surface area contributed by atoms with Gasteiger partial charge in [0.2, 0.25) is 0 Å². The maximum absolute atomic E-state index is 6.64. The lowest BCUT2D eigenvalue weighted by molar-refractivity contribution is 0.716. The van der Waals surface area contributed by atoms with Crippen LogP contribution in [0.4, 0.5) is 11.4 Å². The van der Waals surface area contributed by atoms with Crippen LogP contribution in [0.1, 0.15) is 6.92 Å². The van der Waals surface area contributed by atoms with Crippen LogP contribution in [0.5, 0.6) is 0 Å². The molecule has 2 aliphatic heterocycles. The van der Waals surface area contributed by atoms with Crippen LogP contribution in [0.3, 0.4) is 0 Å². The largest absolute Gasteiger partial charge is 0.311 e. The molecule has 0 amide bonds. The summed E-state index contributed by atoms with van der Waals surface area (Å²) in [6.45, 7) is 1.91. The van der Waals surface area contributed by atoms with Crippen molar-refractivity contribution < 1.29 is 0 Å².